The Hall–Kier alpha value is -2.70. The van der Waals surface area contributed by atoms with E-state index in [0.29, 0.717) is 0 Å². The smallest absolute Gasteiger partial charge is 0.0186 e. The molecule has 0 atom stereocenters. The summed E-state index contributed by atoms with van der Waals surface area (Å²) in [5.41, 5.74) is 8.03. The first-order valence-electron chi connectivity index (χ1n) is 12.3. The summed E-state index contributed by atoms with van der Waals surface area (Å²) in [7, 11) is 0. The second-order valence-corrected chi connectivity index (χ2v) is 11.7. The van der Waals surface area contributed by atoms with Gasteiger partial charge in [-0.25, -0.2) is 0 Å². The molecule has 0 radical (unpaired) electrons. The van der Waals surface area contributed by atoms with E-state index in [9.17, 15) is 0 Å². The number of rotatable bonds is 1. The minimum Gasteiger partial charge on any atom is -1.00 e. The fraction of sp³-hybridized carbons (Fsp3) is 0.0857. The van der Waals surface area contributed by atoms with Crippen LogP contribution in [0.25, 0.3) is 38.2 Å². The zero-order chi connectivity index (χ0) is 24.9. The van der Waals surface area contributed by atoms with Crippen LogP contribution in [0.3, 0.4) is 0 Å². The molecule has 0 bridgehead atoms. The van der Waals surface area contributed by atoms with Gasteiger partial charge < -0.3 is 24.8 Å². The zero-order valence-corrected chi connectivity index (χ0v) is 25.5. The molecule has 3 heteroatoms. The van der Waals surface area contributed by atoms with E-state index in [2.05, 4.69) is 135 Å². The molecule has 2 aliphatic carbocycles. The molecule has 2 aliphatic rings. The van der Waals surface area contributed by atoms with E-state index in [1.807, 2.05) is 6.08 Å². The van der Waals surface area contributed by atoms with Crippen LogP contribution < -0.4 is 24.8 Å². The Labute approximate surface area is 253 Å². The van der Waals surface area contributed by atoms with Gasteiger partial charge in [-0.15, -0.1) is 40.6 Å². The maximum atomic E-state index is 3.31. The van der Waals surface area contributed by atoms with Crippen LogP contribution in [0.4, 0.5) is 0 Å². The predicted molar refractivity (Wildman–Crippen MR) is 153 cm³/mol. The summed E-state index contributed by atoms with van der Waals surface area (Å²) < 4.78 is 1.51. The van der Waals surface area contributed by atoms with Crippen molar-refractivity contribution in [3.63, 3.8) is 0 Å². The van der Waals surface area contributed by atoms with Crippen molar-refractivity contribution >= 4 is 30.3 Å². The average Bonchev–Trinajstić information content (AvgIpc) is 3.58. The molecular weight excluding hydrogens is 583 g/mol. The number of fused-ring (bicyclic) bond motifs is 6. The zero-order valence-electron chi connectivity index (χ0n) is 21.5. The molecule has 5 aromatic rings. The third kappa shape index (κ3) is 6.65. The summed E-state index contributed by atoms with van der Waals surface area (Å²) in [6.45, 7) is 4.25. The van der Waals surface area contributed by atoms with Crippen molar-refractivity contribution in [1.82, 2.24) is 0 Å². The first-order chi connectivity index (χ1) is 17.6. The van der Waals surface area contributed by atoms with Gasteiger partial charge in [-0.1, -0.05) is 89.5 Å². The van der Waals surface area contributed by atoms with E-state index in [-0.39, 0.29) is 24.8 Å². The van der Waals surface area contributed by atoms with E-state index in [4.69, 9.17) is 0 Å². The molecule has 0 fully saturated rings. The molecule has 0 heterocycles. The number of allylic oxidation sites excluding steroid dienone is 6. The van der Waals surface area contributed by atoms with Crippen molar-refractivity contribution in [2.75, 3.05) is 0 Å². The van der Waals surface area contributed by atoms with Crippen LogP contribution in [-0.2, 0) is 30.7 Å². The molecule has 5 aromatic carbocycles. The van der Waals surface area contributed by atoms with Crippen LogP contribution in [0, 0.1) is 6.08 Å². The molecule has 0 unspecified atom stereocenters. The van der Waals surface area contributed by atoms with Gasteiger partial charge in [-0.2, -0.15) is 35.9 Å². The van der Waals surface area contributed by atoms with Crippen LogP contribution in [0.15, 0.2) is 127 Å². The normalized spacial score (nSPS) is 12.3. The standard InChI is InChI=1S/C17H11.C15H11.C3H6.2ClH.Zr/c1-2-6-15-12(4-1)8-10-14-11-9-13-5-3-7-16(13)17(14)15;1-2-6-12(7-3-1)14-10-4-8-13-9-5-11-15(13)14;1-3-2;;;/h1-4,6-10H,11H2;1-11H;1-2H3;2*1H;/q2*-1;;;;+2/p-2. The van der Waals surface area contributed by atoms with Crippen molar-refractivity contribution in [2.24, 2.45) is 0 Å². The quantitative estimate of drug-likeness (QED) is 0.256. The molecular formula is C35H28Cl2Zr-2. The van der Waals surface area contributed by atoms with Crippen molar-refractivity contribution in [3.8, 4) is 11.1 Å². The number of hydrogen-bond donors (Lipinski definition) is 0. The number of hydrogen-bond acceptors (Lipinski definition) is 0. The molecule has 0 N–H and O–H groups in total. The monoisotopic (exact) mass is 608 g/mol. The minimum atomic E-state index is 0. The van der Waals surface area contributed by atoms with Crippen LogP contribution in [0.2, 0.25) is 0 Å². The van der Waals surface area contributed by atoms with E-state index in [1.165, 1.54) is 58.2 Å². The van der Waals surface area contributed by atoms with E-state index in [0.717, 1.165) is 6.42 Å². The van der Waals surface area contributed by atoms with Gasteiger partial charge in [0, 0.05) is 0 Å². The third-order valence-electron chi connectivity index (χ3n) is 6.35. The Kier molecular flexibility index (Phi) is 10.9. The fourth-order valence-corrected chi connectivity index (χ4v) is 4.82. The van der Waals surface area contributed by atoms with Crippen LogP contribution in [0.5, 0.6) is 0 Å². The van der Waals surface area contributed by atoms with Crippen LogP contribution in [0.1, 0.15) is 25.0 Å². The largest absolute Gasteiger partial charge is 1.00 e. The van der Waals surface area contributed by atoms with Gasteiger partial charge in [0.25, 0.3) is 0 Å². The molecule has 0 aliphatic heterocycles. The molecule has 7 rings (SSSR count). The Morgan fingerprint density at radius 2 is 1.53 bits per heavy atom. The molecule has 0 saturated carbocycles. The SMILES string of the molecule is C[C](C)=[Zr+2].[C-]1=CC=C2C1=CCc1ccc3ccccc3c12.[Cl-].[Cl-].c1ccc(-c2cccc3[cH-]ccc23)cc1. The summed E-state index contributed by atoms with van der Waals surface area (Å²) in [6.07, 6.45) is 10.8. The van der Waals surface area contributed by atoms with Crippen LogP contribution in [-0.4, -0.2) is 3.21 Å². The van der Waals surface area contributed by atoms with E-state index >= 15 is 0 Å². The summed E-state index contributed by atoms with van der Waals surface area (Å²) in [6, 6.07) is 36.5. The Morgan fingerprint density at radius 3 is 2.32 bits per heavy atom. The first kappa shape index (κ1) is 29.9. The molecule has 0 aromatic heterocycles. The van der Waals surface area contributed by atoms with Crippen molar-refractivity contribution in [3.05, 3.63) is 144 Å². The van der Waals surface area contributed by atoms with E-state index < -0.39 is 0 Å². The first-order valence-corrected chi connectivity index (χ1v) is 13.6. The number of halogens is 2. The van der Waals surface area contributed by atoms with Gasteiger partial charge in [-0.3, -0.25) is 0 Å². The predicted octanol–water partition coefficient (Wildman–Crippen LogP) is 3.06. The summed E-state index contributed by atoms with van der Waals surface area (Å²) in [5, 5.41) is 5.33. The van der Waals surface area contributed by atoms with Crippen molar-refractivity contribution in [2.45, 2.75) is 20.3 Å². The summed E-state index contributed by atoms with van der Waals surface area (Å²) >= 11 is 1.55. The average molecular weight is 611 g/mol. The summed E-state index contributed by atoms with van der Waals surface area (Å²) in [5.74, 6) is 0. The Morgan fingerprint density at radius 1 is 0.789 bits per heavy atom. The molecule has 188 valence electrons. The summed E-state index contributed by atoms with van der Waals surface area (Å²) in [4.78, 5) is 0. The molecule has 0 saturated heterocycles. The fourth-order valence-electron chi connectivity index (χ4n) is 4.82. The van der Waals surface area contributed by atoms with Gasteiger partial charge in [0.1, 0.15) is 0 Å². The molecule has 0 nitrogen and oxygen atoms in total. The van der Waals surface area contributed by atoms with Gasteiger partial charge >= 0.3 is 41.3 Å². The topological polar surface area (TPSA) is 0 Å². The van der Waals surface area contributed by atoms with Crippen molar-refractivity contribution < 1.29 is 49.0 Å². The van der Waals surface area contributed by atoms with Gasteiger partial charge in [0.05, 0.1) is 0 Å². The molecule has 0 spiro atoms. The molecule has 0 amide bonds. The maximum absolute atomic E-state index is 3.31. The Bertz CT molecular complexity index is 1630. The molecule has 38 heavy (non-hydrogen) atoms. The van der Waals surface area contributed by atoms with Gasteiger partial charge in [-0.05, 0) is 22.8 Å². The van der Waals surface area contributed by atoms with Gasteiger partial charge in [0.2, 0.25) is 0 Å². The Balaban J connectivity index is 0.000000178. The van der Waals surface area contributed by atoms with Crippen molar-refractivity contribution in [1.29, 1.82) is 0 Å². The maximum Gasteiger partial charge on any atom is -0.0186 e. The minimum absolute atomic E-state index is 0. The second-order valence-electron chi connectivity index (χ2n) is 9.23. The van der Waals surface area contributed by atoms with E-state index in [1.54, 1.807) is 24.2 Å². The third-order valence-corrected chi connectivity index (χ3v) is 6.35. The number of benzene rings is 4. The second kappa shape index (κ2) is 13.9. The van der Waals surface area contributed by atoms with Gasteiger partial charge in [0.15, 0.2) is 0 Å². The van der Waals surface area contributed by atoms with Crippen LogP contribution >= 0.6 is 0 Å².